The van der Waals surface area contributed by atoms with Crippen LogP contribution in [-0.2, 0) is 37.0 Å². The molecule has 8 heteroatoms. The number of hydrogen-bond acceptors (Lipinski definition) is 8. The minimum absolute atomic E-state index is 0.0348. The van der Waals surface area contributed by atoms with Crippen LogP contribution in [0.3, 0.4) is 0 Å². The highest BCUT2D eigenvalue weighted by molar-refractivity contribution is 5.76. The summed E-state index contributed by atoms with van der Waals surface area (Å²) in [5, 5.41) is 12.8. The molecule has 0 bridgehead atoms. The van der Waals surface area contributed by atoms with Crippen molar-refractivity contribution in [2.75, 3.05) is 13.2 Å². The van der Waals surface area contributed by atoms with Crippen molar-refractivity contribution in [2.24, 2.45) is 0 Å². The monoisotopic (exact) mass is 457 g/mol. The zero-order valence-electron chi connectivity index (χ0n) is 18.7. The predicted octanol–water partition coefficient (Wildman–Crippen LogP) is 3.69. The zero-order valence-corrected chi connectivity index (χ0v) is 18.7. The number of benzene rings is 2. The van der Waals surface area contributed by atoms with Crippen LogP contribution in [0.1, 0.15) is 30.9 Å². The lowest BCUT2D eigenvalue weighted by Gasteiger charge is -2.21. The third-order valence-corrected chi connectivity index (χ3v) is 4.38. The summed E-state index contributed by atoms with van der Waals surface area (Å²) in [6.07, 6.45) is 2.93. The second kappa shape index (κ2) is 15.6. The van der Waals surface area contributed by atoms with Crippen molar-refractivity contribution in [2.45, 2.75) is 45.4 Å². The van der Waals surface area contributed by atoms with Crippen LogP contribution in [0.5, 0.6) is 0 Å². The number of nitrogens with one attached hydrogen (secondary N) is 1. The van der Waals surface area contributed by atoms with Crippen LogP contribution in [0.2, 0.25) is 0 Å². The Morgan fingerprint density at radius 1 is 0.909 bits per heavy atom. The van der Waals surface area contributed by atoms with E-state index in [1.807, 2.05) is 79.7 Å². The largest absolute Gasteiger partial charge is 0.508 e. The number of rotatable bonds is 14. The third-order valence-electron chi connectivity index (χ3n) is 4.38. The molecule has 33 heavy (non-hydrogen) atoms. The summed E-state index contributed by atoms with van der Waals surface area (Å²) in [6, 6.07) is 17.2. The van der Waals surface area contributed by atoms with E-state index >= 15 is 0 Å². The summed E-state index contributed by atoms with van der Waals surface area (Å²) < 4.78 is 20.6. The van der Waals surface area contributed by atoms with Crippen LogP contribution in [0.25, 0.3) is 0 Å². The molecule has 0 saturated carbocycles. The van der Waals surface area contributed by atoms with Gasteiger partial charge in [0, 0.05) is 0 Å². The van der Waals surface area contributed by atoms with Crippen molar-refractivity contribution in [3.63, 3.8) is 0 Å². The number of carbonyl (C=O) groups excluding carboxylic acids is 2. The normalized spacial score (nSPS) is 12.8. The van der Waals surface area contributed by atoms with E-state index in [4.69, 9.17) is 18.9 Å². The highest BCUT2D eigenvalue weighted by Crippen LogP contribution is 2.05. The maximum absolute atomic E-state index is 12.6. The molecule has 0 aliphatic carbocycles. The number of aliphatic hydroxyl groups is 1. The van der Waals surface area contributed by atoms with Crippen molar-refractivity contribution < 1.29 is 33.6 Å². The minimum Gasteiger partial charge on any atom is -0.460 e. The van der Waals surface area contributed by atoms with E-state index in [2.05, 4.69) is 5.32 Å². The van der Waals surface area contributed by atoms with Crippen LogP contribution in [-0.4, -0.2) is 42.9 Å². The van der Waals surface area contributed by atoms with Crippen molar-refractivity contribution in [1.29, 1.82) is 0 Å². The first-order valence-electron chi connectivity index (χ1n) is 10.8. The van der Waals surface area contributed by atoms with Gasteiger partial charge in [-0.05, 0) is 24.0 Å². The van der Waals surface area contributed by atoms with Crippen LogP contribution >= 0.6 is 0 Å². The number of esters is 1. The van der Waals surface area contributed by atoms with Gasteiger partial charge < -0.3 is 24.1 Å². The summed E-state index contributed by atoms with van der Waals surface area (Å²) >= 11 is 0. The Bertz CT molecular complexity index is 842. The van der Waals surface area contributed by atoms with E-state index in [0.29, 0.717) is 6.42 Å². The molecule has 2 atom stereocenters. The standard InChI is InChI=1S/C25H31NO7/c1-2-3-4-11-16-30-25(29)33-19-22(23(27)31-17-20-12-7-5-8-13-20)26-24(28)32-18-21-14-9-6-10-15-21/h3-10,12-15,22,24,26,28H,2,11,16-19H2,1H3/b4-3+. The van der Waals surface area contributed by atoms with Crippen LogP contribution in [0.4, 0.5) is 4.79 Å². The molecule has 2 aromatic carbocycles. The number of allylic oxidation sites excluding steroid dienone is 1. The van der Waals surface area contributed by atoms with E-state index in [-0.39, 0.29) is 19.8 Å². The quantitative estimate of drug-likeness (QED) is 0.192. The number of hydrogen-bond donors (Lipinski definition) is 2. The van der Waals surface area contributed by atoms with Gasteiger partial charge in [-0.3, -0.25) is 10.1 Å². The van der Waals surface area contributed by atoms with Crippen molar-refractivity contribution in [1.82, 2.24) is 5.32 Å². The van der Waals surface area contributed by atoms with E-state index < -0.39 is 31.2 Å². The second-order valence-corrected chi connectivity index (χ2v) is 7.04. The molecule has 2 N–H and O–H groups in total. The third kappa shape index (κ3) is 11.3. The molecule has 0 saturated heterocycles. The summed E-state index contributed by atoms with van der Waals surface area (Å²) in [5.74, 6) is -0.708. The Kier molecular flexibility index (Phi) is 12.3. The fourth-order valence-corrected chi connectivity index (χ4v) is 2.67. The molecule has 0 heterocycles. The van der Waals surface area contributed by atoms with Crippen LogP contribution in [0, 0.1) is 0 Å². The molecule has 0 spiro atoms. The van der Waals surface area contributed by atoms with Gasteiger partial charge >= 0.3 is 12.1 Å². The summed E-state index contributed by atoms with van der Waals surface area (Å²) in [4.78, 5) is 24.4. The van der Waals surface area contributed by atoms with E-state index in [9.17, 15) is 14.7 Å². The Morgan fingerprint density at radius 2 is 1.55 bits per heavy atom. The lowest BCUT2D eigenvalue weighted by Crippen LogP contribution is -2.48. The first kappa shape index (κ1) is 26.1. The van der Waals surface area contributed by atoms with Gasteiger partial charge in [-0.25, -0.2) is 4.79 Å². The summed E-state index contributed by atoms with van der Waals surface area (Å²) in [5.41, 5.74) is 1.64. The van der Waals surface area contributed by atoms with E-state index in [1.165, 1.54) is 0 Å². The Hall–Kier alpha value is -3.20. The first-order chi connectivity index (χ1) is 16.1. The van der Waals surface area contributed by atoms with Gasteiger partial charge in [0.25, 0.3) is 0 Å². The van der Waals surface area contributed by atoms with Crippen molar-refractivity contribution in [3.05, 3.63) is 83.9 Å². The van der Waals surface area contributed by atoms with Gasteiger partial charge in [-0.2, -0.15) is 0 Å². The van der Waals surface area contributed by atoms with Crippen molar-refractivity contribution >= 4 is 12.1 Å². The van der Waals surface area contributed by atoms with Gasteiger partial charge in [0.1, 0.15) is 19.3 Å². The smallest absolute Gasteiger partial charge is 0.460 e. The molecule has 178 valence electrons. The summed E-state index contributed by atoms with van der Waals surface area (Å²) in [7, 11) is 0. The molecule has 0 amide bonds. The lowest BCUT2D eigenvalue weighted by atomic mass is 10.2. The molecule has 2 rings (SSSR count). The van der Waals surface area contributed by atoms with Crippen LogP contribution < -0.4 is 5.32 Å². The van der Waals surface area contributed by atoms with Crippen LogP contribution in [0.15, 0.2) is 72.8 Å². The molecule has 0 aromatic heterocycles. The molecular weight excluding hydrogens is 426 g/mol. The van der Waals surface area contributed by atoms with Gasteiger partial charge in [-0.1, -0.05) is 79.7 Å². The zero-order chi connectivity index (χ0) is 23.7. The maximum atomic E-state index is 12.6. The molecular formula is C25H31NO7. The highest BCUT2D eigenvalue weighted by Gasteiger charge is 2.25. The van der Waals surface area contributed by atoms with Crippen molar-refractivity contribution in [3.8, 4) is 0 Å². The average Bonchev–Trinajstić information content (AvgIpc) is 2.85. The predicted molar refractivity (Wildman–Crippen MR) is 122 cm³/mol. The number of carbonyl (C=O) groups is 2. The van der Waals surface area contributed by atoms with Gasteiger partial charge in [0.2, 0.25) is 6.41 Å². The Balaban J connectivity index is 1.86. The molecule has 8 nitrogen and oxygen atoms in total. The Morgan fingerprint density at radius 3 is 2.18 bits per heavy atom. The summed E-state index contributed by atoms with van der Waals surface area (Å²) in [6.45, 7) is 1.92. The highest BCUT2D eigenvalue weighted by atomic mass is 16.7. The fraction of sp³-hybridized carbons (Fsp3) is 0.360. The SMILES string of the molecule is CC/C=C/CCOC(=O)OCC(NC(O)OCc1ccccc1)C(=O)OCc1ccccc1. The molecule has 2 aromatic rings. The number of ether oxygens (including phenoxy) is 4. The topological polar surface area (TPSA) is 103 Å². The van der Waals surface area contributed by atoms with Gasteiger partial charge in [0.15, 0.2) is 0 Å². The minimum atomic E-state index is -1.49. The molecule has 0 fully saturated rings. The maximum Gasteiger partial charge on any atom is 0.508 e. The molecule has 0 aliphatic heterocycles. The number of aliphatic hydroxyl groups excluding tert-OH is 1. The van der Waals surface area contributed by atoms with Gasteiger partial charge in [-0.15, -0.1) is 0 Å². The molecule has 0 radical (unpaired) electrons. The molecule has 2 unspecified atom stereocenters. The van der Waals surface area contributed by atoms with E-state index in [1.54, 1.807) is 0 Å². The average molecular weight is 458 g/mol. The second-order valence-electron chi connectivity index (χ2n) is 7.04. The van der Waals surface area contributed by atoms with E-state index in [0.717, 1.165) is 17.5 Å². The Labute approximate surface area is 194 Å². The first-order valence-corrected chi connectivity index (χ1v) is 10.8. The fourth-order valence-electron chi connectivity index (χ4n) is 2.67. The van der Waals surface area contributed by atoms with Gasteiger partial charge in [0.05, 0.1) is 13.2 Å². The molecule has 0 aliphatic rings. The lowest BCUT2D eigenvalue weighted by molar-refractivity contribution is -0.162.